The van der Waals surface area contributed by atoms with Gasteiger partial charge in [-0.1, -0.05) is 132 Å². The lowest BCUT2D eigenvalue weighted by Crippen LogP contribution is -2.61. The first-order chi connectivity index (χ1) is 33.1. The first-order valence-corrected chi connectivity index (χ1v) is 23.3. The molecule has 0 N–H and O–H groups in total. The van der Waals surface area contributed by atoms with Crippen LogP contribution in [0.3, 0.4) is 0 Å². The van der Waals surface area contributed by atoms with Crippen LogP contribution in [0, 0.1) is 59.4 Å². The Labute approximate surface area is 398 Å². The smallest absolute Gasteiger partial charge is 0.252 e. The zero-order valence-corrected chi connectivity index (χ0v) is 39.0. The van der Waals surface area contributed by atoms with E-state index in [1.54, 1.807) is 0 Å². The first-order valence-electron chi connectivity index (χ1n) is 23.3. The highest BCUT2D eigenvalue weighted by molar-refractivity contribution is 7.00. The second kappa shape index (κ2) is 15.5. The molecule has 9 aromatic carbocycles. The highest BCUT2D eigenvalue weighted by Gasteiger charge is 2.44. The van der Waals surface area contributed by atoms with Crippen LogP contribution in [0.4, 0.5) is 39.8 Å². The summed E-state index contributed by atoms with van der Waals surface area (Å²) in [5.41, 5.74) is 25.9. The van der Waals surface area contributed by atoms with E-state index < -0.39 is 0 Å². The number of anilines is 6. The number of benzene rings is 9. The van der Waals surface area contributed by atoms with Crippen LogP contribution in [0.2, 0.25) is 0 Å². The molecule has 0 saturated carbocycles. The van der Waals surface area contributed by atoms with Gasteiger partial charge in [0.1, 0.15) is 0 Å². The van der Waals surface area contributed by atoms with E-state index in [2.05, 4.69) is 200 Å². The number of nitrogens with zero attached hydrogens (tertiary/aromatic N) is 5. The fraction of sp³-hybridized carbons (Fsp3) is 0.0968. The van der Waals surface area contributed by atoms with Crippen molar-refractivity contribution >= 4 is 84.7 Å². The highest BCUT2D eigenvalue weighted by atomic mass is 15.2. The molecule has 0 atom stereocenters. The average Bonchev–Trinajstić information content (AvgIpc) is 3.68. The second-order valence-corrected chi connectivity index (χ2v) is 18.7. The molecule has 0 aliphatic carbocycles. The van der Waals surface area contributed by atoms with E-state index in [-0.39, 0.29) is 6.71 Å². The summed E-state index contributed by atoms with van der Waals surface area (Å²) in [6.07, 6.45) is 0. The maximum Gasteiger partial charge on any atom is 0.252 e. The number of aromatic nitrogens is 1. The van der Waals surface area contributed by atoms with Crippen molar-refractivity contribution in [2.75, 3.05) is 9.80 Å². The lowest BCUT2D eigenvalue weighted by molar-refractivity contribution is 1.14. The van der Waals surface area contributed by atoms with E-state index in [1.807, 2.05) is 36.4 Å². The van der Waals surface area contributed by atoms with E-state index >= 15 is 0 Å². The molecule has 12 rings (SSSR count). The third-order valence-corrected chi connectivity index (χ3v) is 14.2. The molecular formula is C62H46BN5. The molecule has 322 valence electrons. The van der Waals surface area contributed by atoms with Gasteiger partial charge in [-0.05, 0) is 151 Å². The largest absolute Gasteiger partial charge is 0.311 e. The molecule has 0 unspecified atom stereocenters. The molecule has 0 saturated heterocycles. The van der Waals surface area contributed by atoms with Crippen molar-refractivity contribution in [3.05, 3.63) is 220 Å². The van der Waals surface area contributed by atoms with E-state index in [9.17, 15) is 5.26 Å². The van der Waals surface area contributed by atoms with Crippen molar-refractivity contribution in [2.45, 2.75) is 41.5 Å². The quantitative estimate of drug-likeness (QED) is 0.128. The number of hydrogen-bond donors (Lipinski definition) is 0. The van der Waals surface area contributed by atoms with Crippen molar-refractivity contribution in [3.8, 4) is 34.0 Å². The number of fused-ring (bicyclic) bond motifs is 7. The van der Waals surface area contributed by atoms with Gasteiger partial charge in [-0.15, -0.1) is 0 Å². The molecule has 10 aromatic rings. The first kappa shape index (κ1) is 40.9. The minimum Gasteiger partial charge on any atom is -0.311 e. The van der Waals surface area contributed by atoms with Gasteiger partial charge in [0.2, 0.25) is 0 Å². The molecule has 5 nitrogen and oxygen atoms in total. The summed E-state index contributed by atoms with van der Waals surface area (Å²) in [6.45, 7) is 21.7. The Hall–Kier alpha value is -8.58. The molecule has 3 heterocycles. The van der Waals surface area contributed by atoms with Gasteiger partial charge < -0.3 is 14.4 Å². The lowest BCUT2D eigenvalue weighted by atomic mass is 9.33. The monoisotopic (exact) mass is 871 g/mol. The van der Waals surface area contributed by atoms with E-state index in [1.165, 1.54) is 61.1 Å². The molecule has 68 heavy (non-hydrogen) atoms. The van der Waals surface area contributed by atoms with Crippen LogP contribution < -0.4 is 26.2 Å². The number of rotatable bonds is 5. The maximum atomic E-state index is 10.7. The van der Waals surface area contributed by atoms with E-state index in [4.69, 9.17) is 6.57 Å². The summed E-state index contributed by atoms with van der Waals surface area (Å²) in [5.74, 6) is 0. The number of nitriles is 1. The molecule has 0 amide bonds. The summed E-state index contributed by atoms with van der Waals surface area (Å²) >= 11 is 0. The van der Waals surface area contributed by atoms with Gasteiger partial charge >= 0.3 is 0 Å². The fourth-order valence-electron chi connectivity index (χ4n) is 11.9. The zero-order chi connectivity index (χ0) is 46.5. The summed E-state index contributed by atoms with van der Waals surface area (Å²) in [5, 5.41) is 12.5. The Morgan fingerprint density at radius 2 is 0.926 bits per heavy atom. The van der Waals surface area contributed by atoms with Gasteiger partial charge in [0, 0.05) is 33.7 Å². The minimum atomic E-state index is -0.0524. The molecular weight excluding hydrogens is 826 g/mol. The minimum absolute atomic E-state index is 0.0524. The summed E-state index contributed by atoms with van der Waals surface area (Å²) in [7, 11) is 0. The molecule has 0 fully saturated rings. The van der Waals surface area contributed by atoms with Gasteiger partial charge in [0.25, 0.3) is 6.71 Å². The predicted octanol–water partition coefficient (Wildman–Crippen LogP) is 14.5. The topological polar surface area (TPSA) is 39.6 Å². The lowest BCUT2D eigenvalue weighted by Gasteiger charge is -2.45. The van der Waals surface area contributed by atoms with Crippen LogP contribution in [-0.2, 0) is 0 Å². The van der Waals surface area contributed by atoms with Crippen LogP contribution in [0.25, 0.3) is 54.6 Å². The molecule has 0 radical (unpaired) electrons. The van der Waals surface area contributed by atoms with Crippen LogP contribution >= 0.6 is 0 Å². The zero-order valence-electron chi connectivity index (χ0n) is 39.0. The Morgan fingerprint density at radius 1 is 0.485 bits per heavy atom. The average molecular weight is 872 g/mol. The Balaban J connectivity index is 1.32. The van der Waals surface area contributed by atoms with Gasteiger partial charge in [-0.3, -0.25) is 0 Å². The van der Waals surface area contributed by atoms with E-state index in [0.717, 1.165) is 72.5 Å². The summed E-state index contributed by atoms with van der Waals surface area (Å²) in [6, 6.07) is 63.5. The Kier molecular flexibility index (Phi) is 9.33. The van der Waals surface area contributed by atoms with Crippen LogP contribution in [0.15, 0.2) is 170 Å². The molecule has 0 bridgehead atoms. The summed E-state index contributed by atoms with van der Waals surface area (Å²) in [4.78, 5) is 9.13. The Morgan fingerprint density at radius 3 is 1.40 bits per heavy atom. The van der Waals surface area contributed by atoms with Crippen LogP contribution in [-0.4, -0.2) is 11.3 Å². The van der Waals surface area contributed by atoms with Crippen LogP contribution in [0.1, 0.15) is 38.9 Å². The number of aryl methyl sites for hydroxylation is 6. The van der Waals surface area contributed by atoms with Gasteiger partial charge in [-0.25, -0.2) is 4.85 Å². The van der Waals surface area contributed by atoms with Crippen molar-refractivity contribution < 1.29 is 0 Å². The van der Waals surface area contributed by atoms with Crippen molar-refractivity contribution in [2.24, 2.45) is 0 Å². The van der Waals surface area contributed by atoms with Crippen molar-refractivity contribution in [3.63, 3.8) is 0 Å². The third-order valence-electron chi connectivity index (χ3n) is 14.2. The molecule has 2 aliphatic heterocycles. The number of hydrogen-bond acceptors (Lipinski definition) is 3. The third kappa shape index (κ3) is 6.08. The SMILES string of the molecule is [C-]#[N+]c1cc(-c2ccccc2)c2c(c1)c1cc(C#N)cc(-c3ccccc3)c1n2-c1cc2c3c(c1)N(c1c(C)cc(C)cc1C)c1ccccc1B3c1ccccc1N2c1c(C)cc(C)cc1C. The van der Waals surface area contributed by atoms with Gasteiger partial charge in [0.15, 0.2) is 5.69 Å². The maximum absolute atomic E-state index is 10.7. The highest BCUT2D eigenvalue weighted by Crippen LogP contribution is 2.50. The van der Waals surface area contributed by atoms with Gasteiger partial charge in [0.05, 0.1) is 46.3 Å². The van der Waals surface area contributed by atoms with Gasteiger partial charge in [-0.2, -0.15) is 5.26 Å². The normalized spacial score (nSPS) is 12.4. The predicted molar refractivity (Wildman–Crippen MR) is 285 cm³/mol. The summed E-state index contributed by atoms with van der Waals surface area (Å²) < 4.78 is 2.44. The van der Waals surface area contributed by atoms with Crippen molar-refractivity contribution in [1.29, 1.82) is 5.26 Å². The molecule has 0 spiro atoms. The molecule has 1 aromatic heterocycles. The Bertz CT molecular complexity index is 3560. The van der Waals surface area contributed by atoms with Crippen molar-refractivity contribution in [1.82, 2.24) is 4.57 Å². The standard InChI is InChI=1S/C62H46BN5/c1-37-26-39(3)59(40(4)27-37)67-54-24-16-14-22-52(54)63-53-23-15-17-25-55(53)68(60-41(5)28-38(2)29-42(60)6)57-35-47(34-56(67)58(57)63)66-61-48(44-18-10-8-11-19-44)30-43(36-64)31-50(61)51-33-46(65-7)32-49(62(51)66)45-20-12-9-13-21-45/h8-35H,1-6H3. The number of para-hydroxylation sites is 2. The van der Waals surface area contributed by atoms with E-state index in [0.29, 0.717) is 11.3 Å². The molecule has 2 aliphatic rings. The van der Waals surface area contributed by atoms with Crippen LogP contribution in [0.5, 0.6) is 0 Å². The molecule has 6 heteroatoms. The fourth-order valence-corrected chi connectivity index (χ4v) is 11.9. The second-order valence-electron chi connectivity index (χ2n) is 18.7.